The molecule has 0 aliphatic carbocycles. The smallest absolute Gasteiger partial charge is 0.229 e. The lowest BCUT2D eigenvalue weighted by Gasteiger charge is -2.20. The number of hydrogen-bond acceptors (Lipinski definition) is 3. The molecular weight excluding hydrogens is 328 g/mol. The zero-order valence-electron chi connectivity index (χ0n) is 14.5. The second kappa shape index (κ2) is 6.63. The number of para-hydroxylation sites is 1. The third-order valence-corrected chi connectivity index (χ3v) is 4.87. The number of carbonyl (C=O) groups excluding carboxylic acids is 2. The lowest BCUT2D eigenvalue weighted by atomic mass is 10.1. The monoisotopic (exact) mass is 348 g/mol. The Balaban J connectivity index is 1.50. The number of H-pyrrole nitrogens is 1. The van der Waals surface area contributed by atoms with Crippen LogP contribution in [0.5, 0.6) is 0 Å². The summed E-state index contributed by atoms with van der Waals surface area (Å²) < 4.78 is 0. The first-order valence-corrected chi connectivity index (χ1v) is 8.78. The molecule has 4 rings (SSSR count). The summed E-state index contributed by atoms with van der Waals surface area (Å²) >= 11 is 0. The van der Waals surface area contributed by atoms with Gasteiger partial charge in [-0.05, 0) is 36.2 Å². The normalized spacial score (nSPS) is 17.0. The molecule has 6 nitrogen and oxygen atoms in total. The van der Waals surface area contributed by atoms with Crippen molar-refractivity contribution in [1.82, 2.24) is 10.2 Å². The highest BCUT2D eigenvalue weighted by atomic mass is 16.2. The van der Waals surface area contributed by atoms with Crippen LogP contribution in [0.3, 0.4) is 0 Å². The first kappa shape index (κ1) is 16.3. The fourth-order valence-electron chi connectivity index (χ4n) is 3.45. The zero-order chi connectivity index (χ0) is 18.1. The van der Waals surface area contributed by atoms with Crippen LogP contribution in [0.1, 0.15) is 18.9 Å². The third-order valence-electron chi connectivity index (χ3n) is 4.87. The Bertz CT molecular complexity index is 979. The molecule has 1 fully saturated rings. The van der Waals surface area contributed by atoms with Crippen molar-refractivity contribution in [3.8, 4) is 0 Å². The van der Waals surface area contributed by atoms with Gasteiger partial charge in [-0.2, -0.15) is 5.10 Å². The standard InChI is InChI=1S/C20H20N4O2/c1-2-13-5-3-4-6-18(13)24-12-15(10-19(24)25)20(26)22-16-7-8-17-14(9-16)11-21-23-17/h3-9,11,15H,2,10,12H2,1H3,(H,21,23)(H,22,26). The summed E-state index contributed by atoms with van der Waals surface area (Å²) in [5, 5.41) is 10.7. The van der Waals surface area contributed by atoms with Gasteiger partial charge in [-0.1, -0.05) is 25.1 Å². The SMILES string of the molecule is CCc1ccccc1N1CC(C(=O)Nc2ccc3[nH]ncc3c2)CC1=O. The summed E-state index contributed by atoms with van der Waals surface area (Å²) in [6, 6.07) is 13.5. The topological polar surface area (TPSA) is 78.1 Å². The predicted octanol–water partition coefficient (Wildman–Crippen LogP) is 3.12. The quantitative estimate of drug-likeness (QED) is 0.760. The van der Waals surface area contributed by atoms with E-state index in [1.165, 1.54) is 0 Å². The van der Waals surface area contributed by atoms with Gasteiger partial charge in [-0.25, -0.2) is 0 Å². The summed E-state index contributed by atoms with van der Waals surface area (Å²) in [7, 11) is 0. The van der Waals surface area contributed by atoms with Crippen molar-refractivity contribution in [2.24, 2.45) is 5.92 Å². The number of benzene rings is 2. The number of anilines is 2. The van der Waals surface area contributed by atoms with Crippen molar-refractivity contribution < 1.29 is 9.59 Å². The minimum Gasteiger partial charge on any atom is -0.326 e. The lowest BCUT2D eigenvalue weighted by Crippen LogP contribution is -2.28. The van der Waals surface area contributed by atoms with Gasteiger partial charge in [0, 0.05) is 29.7 Å². The van der Waals surface area contributed by atoms with Crippen molar-refractivity contribution in [2.45, 2.75) is 19.8 Å². The average molecular weight is 348 g/mol. The number of amides is 2. The molecule has 1 atom stereocenters. The van der Waals surface area contributed by atoms with Gasteiger partial charge < -0.3 is 10.2 Å². The Hall–Kier alpha value is -3.15. The van der Waals surface area contributed by atoms with Crippen LogP contribution in [-0.4, -0.2) is 28.6 Å². The highest BCUT2D eigenvalue weighted by Gasteiger charge is 2.35. The number of nitrogens with one attached hydrogen (secondary N) is 2. The van der Waals surface area contributed by atoms with Crippen molar-refractivity contribution in [2.75, 3.05) is 16.8 Å². The largest absolute Gasteiger partial charge is 0.326 e. The van der Waals surface area contributed by atoms with Gasteiger partial charge in [-0.3, -0.25) is 14.7 Å². The number of aromatic nitrogens is 2. The molecule has 1 saturated heterocycles. The van der Waals surface area contributed by atoms with Crippen LogP contribution >= 0.6 is 0 Å². The first-order chi connectivity index (χ1) is 12.7. The highest BCUT2D eigenvalue weighted by molar-refractivity contribution is 6.04. The van der Waals surface area contributed by atoms with Gasteiger partial charge in [-0.15, -0.1) is 0 Å². The van der Waals surface area contributed by atoms with Crippen LogP contribution in [-0.2, 0) is 16.0 Å². The molecule has 1 aliphatic rings. The van der Waals surface area contributed by atoms with Crippen LogP contribution in [0, 0.1) is 5.92 Å². The molecule has 0 radical (unpaired) electrons. The molecule has 3 aromatic rings. The maximum absolute atomic E-state index is 12.7. The summed E-state index contributed by atoms with van der Waals surface area (Å²) in [6.07, 6.45) is 2.80. The van der Waals surface area contributed by atoms with Gasteiger partial charge in [0.1, 0.15) is 0 Å². The Morgan fingerprint density at radius 2 is 2.15 bits per heavy atom. The van der Waals surface area contributed by atoms with E-state index in [-0.39, 0.29) is 24.2 Å². The van der Waals surface area contributed by atoms with Gasteiger partial charge in [0.25, 0.3) is 0 Å². The van der Waals surface area contributed by atoms with E-state index < -0.39 is 0 Å². The van der Waals surface area contributed by atoms with Crippen LogP contribution in [0.25, 0.3) is 10.9 Å². The van der Waals surface area contributed by atoms with E-state index >= 15 is 0 Å². The zero-order valence-corrected chi connectivity index (χ0v) is 14.5. The molecule has 132 valence electrons. The summed E-state index contributed by atoms with van der Waals surface area (Å²) in [5.41, 5.74) is 3.66. The molecule has 2 N–H and O–H groups in total. The third kappa shape index (κ3) is 2.94. The van der Waals surface area contributed by atoms with Crippen LogP contribution in [0.4, 0.5) is 11.4 Å². The number of hydrogen-bond donors (Lipinski definition) is 2. The average Bonchev–Trinajstić information content (AvgIpc) is 3.27. The minimum absolute atomic E-state index is 0.00339. The highest BCUT2D eigenvalue weighted by Crippen LogP contribution is 2.29. The lowest BCUT2D eigenvalue weighted by molar-refractivity contribution is -0.122. The Morgan fingerprint density at radius 3 is 3.00 bits per heavy atom. The first-order valence-electron chi connectivity index (χ1n) is 8.78. The van der Waals surface area contributed by atoms with Gasteiger partial charge in [0.2, 0.25) is 11.8 Å². The fourth-order valence-corrected chi connectivity index (χ4v) is 3.45. The molecule has 2 heterocycles. The number of carbonyl (C=O) groups is 2. The van der Waals surface area contributed by atoms with Crippen LogP contribution in [0.2, 0.25) is 0 Å². The molecular formula is C20H20N4O2. The molecule has 2 amide bonds. The number of aryl methyl sites for hydroxylation is 1. The second-order valence-electron chi connectivity index (χ2n) is 6.55. The number of nitrogens with zero attached hydrogens (tertiary/aromatic N) is 2. The van der Waals surface area contributed by atoms with E-state index in [4.69, 9.17) is 0 Å². The van der Waals surface area contributed by atoms with E-state index in [1.807, 2.05) is 42.5 Å². The van der Waals surface area contributed by atoms with Crippen molar-refractivity contribution >= 4 is 34.1 Å². The van der Waals surface area contributed by atoms with Crippen LogP contribution in [0.15, 0.2) is 48.7 Å². The molecule has 0 spiro atoms. The maximum Gasteiger partial charge on any atom is 0.229 e. The van der Waals surface area contributed by atoms with Gasteiger partial charge in [0.05, 0.1) is 17.6 Å². The second-order valence-corrected chi connectivity index (χ2v) is 6.55. The molecule has 6 heteroatoms. The Labute approximate surface area is 151 Å². The summed E-state index contributed by atoms with van der Waals surface area (Å²) in [6.45, 7) is 2.48. The molecule has 1 aromatic heterocycles. The van der Waals surface area contributed by atoms with E-state index in [0.29, 0.717) is 12.2 Å². The van der Waals surface area contributed by atoms with Gasteiger partial charge >= 0.3 is 0 Å². The molecule has 2 aromatic carbocycles. The fraction of sp³-hybridized carbons (Fsp3) is 0.250. The molecule has 0 saturated carbocycles. The number of rotatable bonds is 4. The number of fused-ring (bicyclic) bond motifs is 1. The summed E-state index contributed by atoms with van der Waals surface area (Å²) in [4.78, 5) is 26.9. The molecule has 1 aliphatic heterocycles. The summed E-state index contributed by atoms with van der Waals surface area (Å²) in [5.74, 6) is -0.485. The molecule has 1 unspecified atom stereocenters. The van der Waals surface area contributed by atoms with E-state index in [9.17, 15) is 9.59 Å². The predicted molar refractivity (Wildman–Crippen MR) is 101 cm³/mol. The Kier molecular flexibility index (Phi) is 4.16. The number of aromatic amines is 1. The van der Waals surface area contributed by atoms with E-state index in [0.717, 1.165) is 28.6 Å². The molecule has 26 heavy (non-hydrogen) atoms. The molecule has 0 bridgehead atoms. The van der Waals surface area contributed by atoms with Crippen molar-refractivity contribution in [3.63, 3.8) is 0 Å². The minimum atomic E-state index is -0.354. The maximum atomic E-state index is 12.7. The van der Waals surface area contributed by atoms with E-state index in [2.05, 4.69) is 22.4 Å². The van der Waals surface area contributed by atoms with E-state index in [1.54, 1.807) is 11.1 Å². The Morgan fingerprint density at radius 1 is 1.31 bits per heavy atom. The van der Waals surface area contributed by atoms with Crippen LogP contribution < -0.4 is 10.2 Å². The van der Waals surface area contributed by atoms with Gasteiger partial charge in [0.15, 0.2) is 0 Å². The van der Waals surface area contributed by atoms with Crippen molar-refractivity contribution in [1.29, 1.82) is 0 Å². The van der Waals surface area contributed by atoms with Crippen molar-refractivity contribution in [3.05, 3.63) is 54.2 Å².